The predicted octanol–water partition coefficient (Wildman–Crippen LogP) is 3.25. The van der Waals surface area contributed by atoms with Crippen molar-refractivity contribution in [2.45, 2.75) is 32.2 Å². The molecule has 1 amide bonds. The summed E-state index contributed by atoms with van der Waals surface area (Å²) in [5.41, 5.74) is 0. The van der Waals surface area contributed by atoms with Crippen LogP contribution in [-0.4, -0.2) is 55.1 Å². The van der Waals surface area contributed by atoms with Gasteiger partial charge in [-0.2, -0.15) is 0 Å². The Morgan fingerprint density at radius 2 is 1.96 bits per heavy atom. The molecule has 0 aromatic carbocycles. The molecule has 2 fully saturated rings. The molecule has 0 atom stereocenters. The van der Waals surface area contributed by atoms with E-state index in [9.17, 15) is 4.79 Å². The Hall–Kier alpha value is -0.620. The number of thiophene rings is 1. The number of amides is 1. The Labute approximate surface area is 147 Å². The van der Waals surface area contributed by atoms with Crippen molar-refractivity contribution in [2.24, 2.45) is 5.92 Å². The Kier molecular flexibility index (Phi) is 6.34. The van der Waals surface area contributed by atoms with Gasteiger partial charge in [0.15, 0.2) is 0 Å². The highest BCUT2D eigenvalue weighted by atomic mass is 35.5. The lowest BCUT2D eigenvalue weighted by Crippen LogP contribution is -2.41. The summed E-state index contributed by atoms with van der Waals surface area (Å²) in [5.74, 6) is 1.01. The average molecular weight is 357 g/mol. The number of piperidine rings is 1. The predicted molar refractivity (Wildman–Crippen MR) is 94.0 cm³/mol. The summed E-state index contributed by atoms with van der Waals surface area (Å²) in [4.78, 5) is 18.0. The highest BCUT2D eigenvalue weighted by Crippen LogP contribution is 2.26. The molecule has 0 N–H and O–H groups in total. The van der Waals surface area contributed by atoms with Gasteiger partial charge in [-0.25, -0.2) is 0 Å². The molecule has 1 aromatic heterocycles. The van der Waals surface area contributed by atoms with E-state index >= 15 is 0 Å². The number of morpholine rings is 1. The fraction of sp³-hybridized carbons (Fsp3) is 0.706. The topological polar surface area (TPSA) is 32.8 Å². The largest absolute Gasteiger partial charge is 0.378 e. The standard InChI is InChI=1S/C17H25ClN2O2S/c18-16-3-2-15(23-16)13-19-7-5-14(6-8-19)1-4-17(21)20-9-11-22-12-10-20/h2-3,14H,1,4-13H2. The van der Waals surface area contributed by atoms with Crippen molar-refractivity contribution in [2.75, 3.05) is 39.4 Å². The van der Waals surface area contributed by atoms with E-state index in [1.54, 1.807) is 11.3 Å². The minimum absolute atomic E-state index is 0.309. The first kappa shape index (κ1) is 17.2. The highest BCUT2D eigenvalue weighted by Gasteiger charge is 2.22. The Morgan fingerprint density at radius 3 is 2.61 bits per heavy atom. The number of halogens is 1. The van der Waals surface area contributed by atoms with Crippen molar-refractivity contribution in [1.29, 1.82) is 0 Å². The molecular formula is C17H25ClN2O2S. The molecule has 0 saturated carbocycles. The van der Waals surface area contributed by atoms with Crippen LogP contribution in [0.15, 0.2) is 12.1 Å². The maximum atomic E-state index is 12.2. The second-order valence-electron chi connectivity index (χ2n) is 6.46. The summed E-state index contributed by atoms with van der Waals surface area (Å²) in [6.45, 7) is 6.18. The number of ether oxygens (including phenoxy) is 1. The van der Waals surface area contributed by atoms with Gasteiger partial charge >= 0.3 is 0 Å². The molecule has 3 rings (SSSR count). The molecule has 6 heteroatoms. The fourth-order valence-electron chi connectivity index (χ4n) is 3.39. The number of carbonyl (C=O) groups is 1. The van der Waals surface area contributed by atoms with Crippen molar-refractivity contribution in [3.8, 4) is 0 Å². The van der Waals surface area contributed by atoms with Crippen LogP contribution in [0, 0.1) is 5.92 Å². The van der Waals surface area contributed by atoms with Crippen molar-refractivity contribution >= 4 is 28.8 Å². The van der Waals surface area contributed by atoms with Gasteiger partial charge in [0.25, 0.3) is 0 Å². The Morgan fingerprint density at radius 1 is 1.22 bits per heavy atom. The van der Waals surface area contributed by atoms with Crippen molar-refractivity contribution in [3.05, 3.63) is 21.3 Å². The van der Waals surface area contributed by atoms with Crippen LogP contribution in [0.5, 0.6) is 0 Å². The van der Waals surface area contributed by atoms with E-state index < -0.39 is 0 Å². The van der Waals surface area contributed by atoms with E-state index in [1.807, 2.05) is 11.0 Å². The Balaban J connectivity index is 1.35. The molecule has 4 nitrogen and oxygen atoms in total. The molecule has 2 aliphatic heterocycles. The number of rotatable bonds is 5. The monoisotopic (exact) mass is 356 g/mol. The van der Waals surface area contributed by atoms with E-state index in [0.29, 0.717) is 31.5 Å². The Bertz CT molecular complexity index is 508. The SMILES string of the molecule is O=C(CCC1CCN(Cc2ccc(Cl)s2)CC1)N1CCOCC1. The maximum Gasteiger partial charge on any atom is 0.222 e. The van der Waals surface area contributed by atoms with Gasteiger partial charge in [0.1, 0.15) is 0 Å². The zero-order valence-corrected chi connectivity index (χ0v) is 15.1. The third-order valence-corrected chi connectivity index (χ3v) is 6.06. The molecule has 0 spiro atoms. The fourth-order valence-corrected chi connectivity index (χ4v) is 4.52. The molecule has 128 valence electrons. The van der Waals surface area contributed by atoms with E-state index in [-0.39, 0.29) is 0 Å². The maximum absolute atomic E-state index is 12.2. The van der Waals surface area contributed by atoms with Gasteiger partial charge < -0.3 is 9.64 Å². The summed E-state index contributed by atoms with van der Waals surface area (Å²) in [6.07, 6.45) is 4.14. The van der Waals surface area contributed by atoms with Gasteiger partial charge in [-0.1, -0.05) is 11.6 Å². The van der Waals surface area contributed by atoms with Crippen LogP contribution in [0.1, 0.15) is 30.6 Å². The minimum atomic E-state index is 0.309. The number of hydrogen-bond acceptors (Lipinski definition) is 4. The second-order valence-corrected chi connectivity index (χ2v) is 8.26. The van der Waals surface area contributed by atoms with Crippen LogP contribution in [0.2, 0.25) is 4.34 Å². The number of nitrogens with zero attached hydrogens (tertiary/aromatic N) is 2. The van der Waals surface area contributed by atoms with Crippen LogP contribution < -0.4 is 0 Å². The third kappa shape index (κ3) is 5.18. The normalized spacial score (nSPS) is 20.8. The van der Waals surface area contributed by atoms with Crippen molar-refractivity contribution < 1.29 is 9.53 Å². The first-order valence-corrected chi connectivity index (χ1v) is 9.72. The van der Waals surface area contributed by atoms with E-state index in [0.717, 1.165) is 43.5 Å². The van der Waals surface area contributed by atoms with Gasteiger partial charge in [0, 0.05) is 30.9 Å². The molecule has 0 aliphatic carbocycles. The van der Waals surface area contributed by atoms with Crippen LogP contribution >= 0.6 is 22.9 Å². The van der Waals surface area contributed by atoms with Gasteiger partial charge in [0.05, 0.1) is 17.6 Å². The number of hydrogen-bond donors (Lipinski definition) is 0. The van der Waals surface area contributed by atoms with Crippen LogP contribution in [-0.2, 0) is 16.1 Å². The molecule has 3 heterocycles. The molecule has 0 bridgehead atoms. The summed E-state index contributed by atoms with van der Waals surface area (Å²) >= 11 is 7.67. The molecule has 23 heavy (non-hydrogen) atoms. The van der Waals surface area contributed by atoms with E-state index in [1.165, 1.54) is 17.7 Å². The lowest BCUT2D eigenvalue weighted by molar-refractivity contribution is -0.135. The van der Waals surface area contributed by atoms with Gasteiger partial charge in [-0.05, 0) is 50.4 Å². The number of carbonyl (C=O) groups excluding carboxylic acids is 1. The summed E-state index contributed by atoms with van der Waals surface area (Å²) in [5, 5.41) is 0. The van der Waals surface area contributed by atoms with Crippen molar-refractivity contribution in [1.82, 2.24) is 9.80 Å². The highest BCUT2D eigenvalue weighted by molar-refractivity contribution is 7.16. The minimum Gasteiger partial charge on any atom is -0.378 e. The molecule has 2 saturated heterocycles. The summed E-state index contributed by atoms with van der Waals surface area (Å²) in [7, 11) is 0. The van der Waals surface area contributed by atoms with Gasteiger partial charge in [-0.15, -0.1) is 11.3 Å². The van der Waals surface area contributed by atoms with E-state index in [4.69, 9.17) is 16.3 Å². The third-order valence-electron chi connectivity index (χ3n) is 4.85. The zero-order chi connectivity index (χ0) is 16.1. The molecular weight excluding hydrogens is 332 g/mol. The van der Waals surface area contributed by atoms with Crippen molar-refractivity contribution in [3.63, 3.8) is 0 Å². The zero-order valence-electron chi connectivity index (χ0n) is 13.5. The quantitative estimate of drug-likeness (QED) is 0.811. The first-order valence-electron chi connectivity index (χ1n) is 8.53. The van der Waals surface area contributed by atoms with Crippen LogP contribution in [0.4, 0.5) is 0 Å². The first-order chi connectivity index (χ1) is 11.2. The average Bonchev–Trinajstić information content (AvgIpc) is 2.99. The van der Waals surface area contributed by atoms with Crippen LogP contribution in [0.25, 0.3) is 0 Å². The van der Waals surface area contributed by atoms with E-state index in [2.05, 4.69) is 11.0 Å². The number of likely N-dealkylation sites (tertiary alicyclic amines) is 1. The molecule has 0 unspecified atom stereocenters. The summed E-state index contributed by atoms with van der Waals surface area (Å²) in [6, 6.07) is 4.10. The van der Waals surface area contributed by atoms with Gasteiger partial charge in [-0.3, -0.25) is 9.69 Å². The lowest BCUT2D eigenvalue weighted by atomic mass is 9.92. The lowest BCUT2D eigenvalue weighted by Gasteiger charge is -2.32. The van der Waals surface area contributed by atoms with Gasteiger partial charge in [0.2, 0.25) is 5.91 Å². The molecule has 2 aliphatic rings. The molecule has 0 radical (unpaired) electrons. The summed E-state index contributed by atoms with van der Waals surface area (Å²) < 4.78 is 6.17. The van der Waals surface area contributed by atoms with Crippen LogP contribution in [0.3, 0.4) is 0 Å². The smallest absolute Gasteiger partial charge is 0.222 e. The molecule has 1 aromatic rings. The second kappa shape index (κ2) is 8.47.